The van der Waals surface area contributed by atoms with Gasteiger partial charge in [-0.25, -0.2) is 4.39 Å². The Morgan fingerprint density at radius 1 is 1.15 bits per heavy atom. The number of hydrogen-bond acceptors (Lipinski definition) is 4. The monoisotopic (exact) mass is 443 g/mol. The predicted molar refractivity (Wildman–Crippen MR) is 126 cm³/mol. The van der Waals surface area contributed by atoms with Crippen molar-refractivity contribution in [3.05, 3.63) is 83.4 Å². The molecule has 2 aromatic heterocycles. The number of H-pyrrole nitrogens is 1. The number of amides is 1. The van der Waals surface area contributed by atoms with Crippen LogP contribution in [0, 0.1) is 18.7 Å². The zero-order valence-electron chi connectivity index (χ0n) is 18.4. The van der Waals surface area contributed by atoms with E-state index in [2.05, 4.69) is 25.8 Å². The normalized spacial score (nSPS) is 18.0. The Bertz CT molecular complexity index is 1300. The highest BCUT2D eigenvalue weighted by Crippen LogP contribution is 2.27. The highest BCUT2D eigenvalue weighted by Gasteiger charge is 2.28. The average Bonchev–Trinajstić information content (AvgIpc) is 3.44. The summed E-state index contributed by atoms with van der Waals surface area (Å²) in [4.78, 5) is 17.4. The van der Waals surface area contributed by atoms with Crippen molar-refractivity contribution in [3.8, 4) is 11.3 Å². The van der Waals surface area contributed by atoms with E-state index in [-0.39, 0.29) is 23.7 Å². The van der Waals surface area contributed by atoms with E-state index in [1.54, 1.807) is 12.3 Å². The fourth-order valence-electron chi connectivity index (χ4n) is 4.57. The van der Waals surface area contributed by atoms with Gasteiger partial charge in [-0.05, 0) is 67.6 Å². The summed E-state index contributed by atoms with van der Waals surface area (Å²) in [6.45, 7) is 3.46. The number of carbonyl (C=O) groups is 1. The molecule has 0 saturated carbocycles. The highest BCUT2D eigenvalue weighted by atomic mass is 19.1. The lowest BCUT2D eigenvalue weighted by Gasteiger charge is -2.20. The van der Waals surface area contributed by atoms with Gasteiger partial charge in [0.2, 0.25) is 0 Å². The smallest absolute Gasteiger partial charge is 0.251 e. The molecule has 3 N–H and O–H groups in total. The van der Waals surface area contributed by atoms with Crippen molar-refractivity contribution in [1.82, 2.24) is 25.8 Å². The summed E-state index contributed by atoms with van der Waals surface area (Å²) in [5.74, 6) is -0.0289. The third-order valence-corrected chi connectivity index (χ3v) is 6.39. The zero-order valence-corrected chi connectivity index (χ0v) is 18.4. The molecular weight excluding hydrogens is 417 g/mol. The lowest BCUT2D eigenvalue weighted by Crippen LogP contribution is -2.40. The number of nitrogens with zero attached hydrogens (tertiary/aromatic N) is 2. The first-order valence-corrected chi connectivity index (χ1v) is 11.2. The molecule has 5 rings (SSSR count). The molecule has 0 aliphatic carbocycles. The maximum atomic E-state index is 14.0. The first kappa shape index (κ1) is 21.3. The van der Waals surface area contributed by atoms with Crippen LogP contribution in [0.1, 0.15) is 28.0 Å². The average molecular weight is 444 g/mol. The minimum atomic E-state index is -0.169. The van der Waals surface area contributed by atoms with Gasteiger partial charge in [-0.3, -0.25) is 14.9 Å². The van der Waals surface area contributed by atoms with E-state index in [1.807, 2.05) is 49.4 Å². The van der Waals surface area contributed by atoms with Gasteiger partial charge >= 0.3 is 0 Å². The van der Waals surface area contributed by atoms with Gasteiger partial charge in [0, 0.05) is 47.5 Å². The molecule has 6 nitrogen and oxygen atoms in total. The van der Waals surface area contributed by atoms with Crippen LogP contribution in [0.4, 0.5) is 4.39 Å². The summed E-state index contributed by atoms with van der Waals surface area (Å²) in [5.41, 5.74) is 4.86. The van der Waals surface area contributed by atoms with E-state index in [0.717, 1.165) is 46.4 Å². The number of pyridine rings is 1. The maximum Gasteiger partial charge on any atom is 0.251 e. The third kappa shape index (κ3) is 4.50. The molecule has 0 spiro atoms. The molecule has 33 heavy (non-hydrogen) atoms. The fraction of sp³-hybridized carbons (Fsp3) is 0.269. The molecule has 7 heteroatoms. The first-order valence-electron chi connectivity index (χ1n) is 11.2. The van der Waals surface area contributed by atoms with Gasteiger partial charge in [-0.15, -0.1) is 0 Å². The van der Waals surface area contributed by atoms with Gasteiger partial charge in [-0.2, -0.15) is 5.10 Å². The molecule has 2 aromatic carbocycles. The fourth-order valence-corrected chi connectivity index (χ4v) is 4.57. The van der Waals surface area contributed by atoms with E-state index in [0.29, 0.717) is 18.5 Å². The summed E-state index contributed by atoms with van der Waals surface area (Å²) in [6.07, 6.45) is 3.22. The summed E-state index contributed by atoms with van der Waals surface area (Å²) in [6, 6.07) is 16.4. The summed E-state index contributed by atoms with van der Waals surface area (Å²) < 4.78 is 14.0. The minimum absolute atomic E-state index is 0.00615. The summed E-state index contributed by atoms with van der Waals surface area (Å²) >= 11 is 0. The number of hydrogen-bond donors (Lipinski definition) is 3. The van der Waals surface area contributed by atoms with Gasteiger partial charge in [0.15, 0.2) is 0 Å². The number of halogens is 1. The van der Waals surface area contributed by atoms with E-state index in [1.165, 1.54) is 6.07 Å². The van der Waals surface area contributed by atoms with E-state index < -0.39 is 0 Å². The molecule has 1 fully saturated rings. The molecule has 1 aliphatic rings. The molecule has 0 radical (unpaired) electrons. The van der Waals surface area contributed by atoms with Crippen LogP contribution in [-0.4, -0.2) is 40.2 Å². The standard InChI is InChI=1S/C26H26FN5O/c1-16-12-18(10-11-29-16)25-21-13-19(8-9-23(21)31-32-25)26(33)30-24-15-28-14-20(24)7-6-17-4-2-3-5-22(17)27/h2-5,8-13,20,24,28H,6-7,14-15H2,1H3,(H,30,33)(H,31,32)/t20-,24-/m1/s1. The summed E-state index contributed by atoms with van der Waals surface area (Å²) in [5, 5.41) is 14.9. The van der Waals surface area contributed by atoms with Crippen LogP contribution in [0.3, 0.4) is 0 Å². The topological polar surface area (TPSA) is 82.7 Å². The van der Waals surface area contributed by atoms with Crippen LogP contribution in [0.2, 0.25) is 0 Å². The first-order chi connectivity index (χ1) is 16.1. The predicted octanol–water partition coefficient (Wildman–Crippen LogP) is 4.02. The lowest BCUT2D eigenvalue weighted by molar-refractivity contribution is 0.0930. The van der Waals surface area contributed by atoms with Crippen molar-refractivity contribution in [2.75, 3.05) is 13.1 Å². The van der Waals surface area contributed by atoms with Crippen LogP contribution in [-0.2, 0) is 6.42 Å². The molecule has 1 aliphatic heterocycles. The van der Waals surface area contributed by atoms with Crippen LogP contribution >= 0.6 is 0 Å². The molecule has 0 unspecified atom stereocenters. The Kier molecular flexibility index (Phi) is 5.88. The van der Waals surface area contributed by atoms with Gasteiger partial charge < -0.3 is 10.6 Å². The van der Waals surface area contributed by atoms with Gasteiger partial charge in [0.05, 0.1) is 5.52 Å². The van der Waals surface area contributed by atoms with Crippen LogP contribution in [0.25, 0.3) is 22.2 Å². The second kappa shape index (κ2) is 9.11. The number of aromatic nitrogens is 3. The Morgan fingerprint density at radius 3 is 2.88 bits per heavy atom. The minimum Gasteiger partial charge on any atom is -0.348 e. The Hall–Kier alpha value is -3.58. The molecule has 2 atom stereocenters. The second-order valence-electron chi connectivity index (χ2n) is 8.65. The Morgan fingerprint density at radius 2 is 2.03 bits per heavy atom. The van der Waals surface area contributed by atoms with Crippen molar-refractivity contribution in [2.24, 2.45) is 5.92 Å². The molecule has 1 amide bonds. The quantitative estimate of drug-likeness (QED) is 0.420. The van der Waals surface area contributed by atoms with Gasteiger partial charge in [0.1, 0.15) is 11.5 Å². The van der Waals surface area contributed by atoms with Crippen molar-refractivity contribution in [3.63, 3.8) is 0 Å². The third-order valence-electron chi connectivity index (χ3n) is 6.39. The molecule has 168 valence electrons. The molecule has 4 aromatic rings. The number of aryl methyl sites for hydroxylation is 2. The van der Waals surface area contributed by atoms with Crippen LogP contribution in [0.15, 0.2) is 60.8 Å². The SMILES string of the molecule is Cc1cc(-c2n[nH]c3ccc(C(=O)N[C@@H]4CNC[C@H]4CCc4ccccc4F)cc23)ccn1. The number of fused-ring (bicyclic) bond motifs is 1. The van der Waals surface area contributed by atoms with Crippen molar-refractivity contribution >= 4 is 16.8 Å². The van der Waals surface area contributed by atoms with Crippen LogP contribution < -0.4 is 10.6 Å². The Labute approximate surface area is 191 Å². The number of carbonyl (C=O) groups excluding carboxylic acids is 1. The van der Waals surface area contributed by atoms with Crippen molar-refractivity contribution in [2.45, 2.75) is 25.8 Å². The van der Waals surface area contributed by atoms with Gasteiger partial charge in [0.25, 0.3) is 5.91 Å². The number of rotatable bonds is 6. The molecule has 1 saturated heterocycles. The van der Waals surface area contributed by atoms with Crippen LogP contribution in [0.5, 0.6) is 0 Å². The van der Waals surface area contributed by atoms with E-state index in [4.69, 9.17) is 0 Å². The highest BCUT2D eigenvalue weighted by molar-refractivity contribution is 6.01. The molecule has 0 bridgehead atoms. The number of aromatic amines is 1. The van der Waals surface area contributed by atoms with Crippen molar-refractivity contribution < 1.29 is 9.18 Å². The second-order valence-corrected chi connectivity index (χ2v) is 8.65. The largest absolute Gasteiger partial charge is 0.348 e. The lowest BCUT2D eigenvalue weighted by atomic mass is 9.94. The van der Waals surface area contributed by atoms with Gasteiger partial charge in [-0.1, -0.05) is 18.2 Å². The van der Waals surface area contributed by atoms with Crippen molar-refractivity contribution in [1.29, 1.82) is 0 Å². The summed E-state index contributed by atoms with van der Waals surface area (Å²) in [7, 11) is 0. The maximum absolute atomic E-state index is 14.0. The molecule has 3 heterocycles. The van der Waals surface area contributed by atoms with E-state index >= 15 is 0 Å². The molecular formula is C26H26FN5O. The van der Waals surface area contributed by atoms with E-state index in [9.17, 15) is 9.18 Å². The number of nitrogens with one attached hydrogen (secondary N) is 3. The Balaban J connectivity index is 1.31. The zero-order chi connectivity index (χ0) is 22.8. The number of benzene rings is 2.